The number of thiol groups is 1. The molecule has 3 heteroatoms. The molecule has 1 nitrogen and oxygen atoms in total. The summed E-state index contributed by atoms with van der Waals surface area (Å²) >= 11 is 1.74. The number of hydrogen-bond donors (Lipinski definition) is 1. The molecule has 0 fully saturated rings. The summed E-state index contributed by atoms with van der Waals surface area (Å²) in [6.45, 7) is 0. The summed E-state index contributed by atoms with van der Waals surface area (Å²) in [6, 6.07) is 0. The van der Waals surface area contributed by atoms with E-state index in [4.69, 9.17) is 0 Å². The molecule has 0 radical (unpaired) electrons. The Bertz CT molecular complexity index is 249. The number of aromatic nitrogens is 1. The van der Waals surface area contributed by atoms with Crippen LogP contribution < -0.4 is 0 Å². The second-order valence-corrected chi connectivity index (χ2v) is 4.94. The highest BCUT2D eigenvalue weighted by Crippen LogP contribution is 2.42. The molecule has 52 valence electrons. The monoisotopic (exact) mass is 169 g/mol. The Morgan fingerprint density at radius 2 is 2.10 bits per heavy atom. The minimum absolute atomic E-state index is 0.157. The van der Waals surface area contributed by atoms with Crippen LogP contribution in [0, 0.1) is 0 Å². The normalized spacial score (nSPS) is 18.6. The van der Waals surface area contributed by atoms with Gasteiger partial charge in [0.15, 0.2) is 0 Å². The molecule has 0 amide bonds. The lowest BCUT2D eigenvalue weighted by molar-refractivity contribution is 1.25. The first-order valence-electron chi connectivity index (χ1n) is 2.99. The van der Waals surface area contributed by atoms with Crippen LogP contribution in [-0.2, 0) is 0 Å². The van der Waals surface area contributed by atoms with Crippen LogP contribution in [0.15, 0.2) is 38.9 Å². The van der Waals surface area contributed by atoms with Crippen LogP contribution in [0.3, 0.4) is 0 Å². The molecule has 0 saturated carbocycles. The fourth-order valence-electron chi connectivity index (χ4n) is 0.805. The maximum absolute atomic E-state index is 4.24. The van der Waals surface area contributed by atoms with E-state index in [9.17, 15) is 0 Å². The van der Waals surface area contributed by atoms with Crippen molar-refractivity contribution in [2.24, 2.45) is 0 Å². The molecule has 0 unspecified atom stereocenters. The van der Waals surface area contributed by atoms with Gasteiger partial charge in [-0.05, 0) is 10.8 Å². The summed E-state index contributed by atoms with van der Waals surface area (Å²) < 4.78 is 1.25. The zero-order chi connectivity index (χ0) is 6.81. The van der Waals surface area contributed by atoms with Gasteiger partial charge in [0.25, 0.3) is 0 Å². The lowest BCUT2D eigenvalue weighted by atomic mass is 10.6. The van der Waals surface area contributed by atoms with E-state index < -0.39 is 0 Å². The van der Waals surface area contributed by atoms with Crippen molar-refractivity contribution in [3.05, 3.63) is 34.5 Å². The van der Waals surface area contributed by atoms with Crippen molar-refractivity contribution in [2.45, 2.75) is 4.34 Å². The first-order chi connectivity index (χ1) is 4.97. The molecule has 1 aromatic rings. The van der Waals surface area contributed by atoms with E-state index in [1.807, 2.05) is 11.6 Å². The van der Waals surface area contributed by atoms with Crippen molar-refractivity contribution in [3.63, 3.8) is 0 Å². The number of nitrogens with zero attached hydrogens (tertiary/aromatic N) is 1. The van der Waals surface area contributed by atoms with Gasteiger partial charge >= 0.3 is 0 Å². The van der Waals surface area contributed by atoms with Gasteiger partial charge in [-0.3, -0.25) is 0 Å². The van der Waals surface area contributed by atoms with Gasteiger partial charge in [-0.1, -0.05) is 12.2 Å². The molecule has 0 atom stereocenters. The smallest absolute Gasteiger partial charge is 0.137 e. The zero-order valence-electron chi connectivity index (χ0n) is 5.27. The van der Waals surface area contributed by atoms with Crippen LogP contribution >= 0.6 is 22.2 Å². The Kier molecular flexibility index (Phi) is 1.61. The summed E-state index contributed by atoms with van der Waals surface area (Å²) in [4.78, 5) is 4.24. The third-order valence-corrected chi connectivity index (χ3v) is 4.31. The molecule has 0 aromatic carbocycles. The minimum atomic E-state index is -0.157. The van der Waals surface area contributed by atoms with Crippen LogP contribution in [0.5, 0.6) is 0 Å². The Hall–Kier alpha value is -0.540. The highest BCUT2D eigenvalue weighted by Gasteiger charge is 2.03. The average Bonchev–Trinajstić information content (AvgIpc) is 2.59. The third kappa shape index (κ3) is 1.02. The van der Waals surface area contributed by atoms with Gasteiger partial charge < -0.3 is 0 Å². The molecular weight excluding hydrogens is 162 g/mol. The predicted molar refractivity (Wildman–Crippen MR) is 47.6 cm³/mol. The van der Waals surface area contributed by atoms with Crippen LogP contribution in [0.1, 0.15) is 0 Å². The fourth-order valence-corrected chi connectivity index (χ4v) is 3.33. The maximum Gasteiger partial charge on any atom is 0.137 e. The predicted octanol–water partition coefficient (Wildman–Crippen LogP) is 2.54. The van der Waals surface area contributed by atoms with Crippen molar-refractivity contribution in [3.8, 4) is 0 Å². The van der Waals surface area contributed by atoms with Crippen molar-refractivity contribution >= 4 is 22.2 Å². The summed E-state index contributed by atoms with van der Waals surface area (Å²) in [7, 11) is -0.157. The van der Waals surface area contributed by atoms with Gasteiger partial charge in [0.05, 0.1) is 0 Å². The van der Waals surface area contributed by atoms with Crippen molar-refractivity contribution in [2.75, 3.05) is 0 Å². The first kappa shape index (κ1) is 6.19. The minimum Gasteiger partial charge on any atom is -0.239 e. The van der Waals surface area contributed by atoms with Crippen molar-refractivity contribution in [1.29, 1.82) is 0 Å². The van der Waals surface area contributed by atoms with Crippen molar-refractivity contribution in [1.82, 2.24) is 4.98 Å². The lowest BCUT2D eigenvalue weighted by Gasteiger charge is -2.02. The Balaban J connectivity index is 2.29. The SMILES string of the molecule is C1=C[SH](c2nccs2)C=C1. The van der Waals surface area contributed by atoms with Crippen LogP contribution in [0.4, 0.5) is 0 Å². The van der Waals surface area contributed by atoms with Crippen LogP contribution in [0.25, 0.3) is 0 Å². The zero-order valence-corrected chi connectivity index (χ0v) is 6.98. The second kappa shape index (κ2) is 2.60. The van der Waals surface area contributed by atoms with E-state index in [0.717, 1.165) is 0 Å². The highest BCUT2D eigenvalue weighted by atomic mass is 32.2. The molecule has 0 spiro atoms. The topological polar surface area (TPSA) is 12.9 Å². The van der Waals surface area contributed by atoms with E-state index in [-0.39, 0.29) is 10.9 Å². The number of allylic oxidation sites excluding steroid dienone is 2. The Morgan fingerprint density at radius 3 is 2.70 bits per heavy atom. The molecule has 0 N–H and O–H groups in total. The highest BCUT2D eigenvalue weighted by molar-refractivity contribution is 8.23. The van der Waals surface area contributed by atoms with Crippen molar-refractivity contribution < 1.29 is 0 Å². The second-order valence-electron chi connectivity index (χ2n) is 1.90. The van der Waals surface area contributed by atoms with E-state index >= 15 is 0 Å². The van der Waals surface area contributed by atoms with E-state index in [2.05, 4.69) is 28.0 Å². The molecule has 0 aliphatic carbocycles. The molecule has 1 aromatic heterocycles. The number of rotatable bonds is 1. The summed E-state index contributed by atoms with van der Waals surface area (Å²) in [5, 5.41) is 6.46. The van der Waals surface area contributed by atoms with E-state index in [1.54, 1.807) is 11.3 Å². The van der Waals surface area contributed by atoms with E-state index in [1.165, 1.54) is 4.34 Å². The molecule has 2 heterocycles. The summed E-state index contributed by atoms with van der Waals surface area (Å²) in [5.74, 6) is 0. The summed E-state index contributed by atoms with van der Waals surface area (Å²) in [6.07, 6.45) is 6.04. The molecule has 1 aliphatic heterocycles. The molecule has 0 bridgehead atoms. The van der Waals surface area contributed by atoms with Gasteiger partial charge in [-0.2, -0.15) is 10.9 Å². The number of hydrogen-bond acceptors (Lipinski definition) is 2. The quantitative estimate of drug-likeness (QED) is 0.637. The molecule has 1 aliphatic rings. The van der Waals surface area contributed by atoms with Gasteiger partial charge in [0.2, 0.25) is 0 Å². The van der Waals surface area contributed by atoms with E-state index in [0.29, 0.717) is 0 Å². The van der Waals surface area contributed by atoms with Gasteiger partial charge in [0.1, 0.15) is 4.34 Å². The average molecular weight is 169 g/mol. The first-order valence-corrected chi connectivity index (χ1v) is 5.35. The van der Waals surface area contributed by atoms with Crippen LogP contribution in [0.2, 0.25) is 0 Å². The molecule has 2 rings (SSSR count). The standard InChI is InChI=1S/C7H7NS2/c1-2-6-10(5-1)7-8-3-4-9-7/h1-6,10H. The molecule has 10 heavy (non-hydrogen) atoms. The molecular formula is C7H7NS2. The van der Waals surface area contributed by atoms with Gasteiger partial charge in [-0.15, -0.1) is 11.3 Å². The van der Waals surface area contributed by atoms with Gasteiger partial charge in [-0.25, -0.2) is 4.98 Å². The number of thiazole rings is 1. The largest absolute Gasteiger partial charge is 0.239 e. The molecule has 0 saturated heterocycles. The fraction of sp³-hybridized carbons (Fsp3) is 0. The Labute approximate surface area is 66.5 Å². The summed E-state index contributed by atoms with van der Waals surface area (Å²) in [5.41, 5.74) is 0. The Morgan fingerprint density at radius 1 is 1.30 bits per heavy atom. The maximum atomic E-state index is 4.24. The lowest BCUT2D eigenvalue weighted by Crippen LogP contribution is -1.67. The third-order valence-electron chi connectivity index (χ3n) is 1.24. The van der Waals surface area contributed by atoms with Gasteiger partial charge in [0, 0.05) is 11.6 Å². The van der Waals surface area contributed by atoms with Crippen LogP contribution in [-0.4, -0.2) is 4.98 Å².